The van der Waals surface area contributed by atoms with E-state index in [1.54, 1.807) is 12.3 Å². The van der Waals surface area contributed by atoms with E-state index in [-0.39, 0.29) is 5.97 Å². The molecule has 1 atom stereocenters. The molecule has 1 saturated heterocycles. The third kappa shape index (κ3) is 2.71. The van der Waals surface area contributed by atoms with Crippen LogP contribution in [-0.2, 0) is 4.74 Å². The zero-order chi connectivity index (χ0) is 15.0. The minimum Gasteiger partial charge on any atom is -0.465 e. The van der Waals surface area contributed by atoms with Gasteiger partial charge in [-0.1, -0.05) is 0 Å². The number of ether oxygens (including phenoxy) is 1. The first-order valence-electron chi connectivity index (χ1n) is 6.84. The molecular weight excluding hydrogens is 288 g/mol. The molecule has 3 heterocycles. The highest BCUT2D eigenvalue weighted by atomic mass is 32.1. The Morgan fingerprint density at radius 1 is 1.52 bits per heavy atom. The summed E-state index contributed by atoms with van der Waals surface area (Å²) in [6.45, 7) is 1.90. The monoisotopic (exact) mass is 306 g/mol. The smallest absolute Gasteiger partial charge is 0.348 e. The van der Waals surface area contributed by atoms with Crippen LogP contribution in [0.2, 0.25) is 0 Å². The van der Waals surface area contributed by atoms with E-state index in [1.807, 2.05) is 0 Å². The van der Waals surface area contributed by atoms with Crippen molar-refractivity contribution >= 4 is 33.5 Å². The van der Waals surface area contributed by atoms with Gasteiger partial charge in [-0.25, -0.2) is 14.8 Å². The number of carbonyl (C=O) groups is 1. The Morgan fingerprint density at radius 2 is 2.33 bits per heavy atom. The van der Waals surface area contributed by atoms with Gasteiger partial charge in [0.2, 0.25) is 5.95 Å². The van der Waals surface area contributed by atoms with Gasteiger partial charge in [-0.2, -0.15) is 0 Å². The minimum absolute atomic E-state index is 0.326. The molecule has 0 amide bonds. The lowest BCUT2D eigenvalue weighted by atomic mass is 10.2. The average Bonchev–Trinajstić information content (AvgIpc) is 3.12. The predicted molar refractivity (Wildman–Crippen MR) is 83.1 cm³/mol. The highest BCUT2D eigenvalue weighted by Crippen LogP contribution is 2.27. The molecule has 21 heavy (non-hydrogen) atoms. The number of thiophene rings is 1. The molecule has 1 aliphatic heterocycles. The maximum Gasteiger partial charge on any atom is 0.348 e. The Morgan fingerprint density at radius 3 is 3.00 bits per heavy atom. The number of rotatable bonds is 3. The molecule has 2 aromatic rings. The summed E-state index contributed by atoms with van der Waals surface area (Å²) >= 11 is 1.35. The van der Waals surface area contributed by atoms with Crippen LogP contribution in [0.3, 0.4) is 0 Å². The molecule has 6 nitrogen and oxygen atoms in total. The molecule has 0 unspecified atom stereocenters. The number of nitrogens with zero attached hydrogens (tertiary/aromatic N) is 4. The molecule has 112 valence electrons. The largest absolute Gasteiger partial charge is 0.465 e. The molecule has 1 fully saturated rings. The highest BCUT2D eigenvalue weighted by Gasteiger charge is 2.26. The maximum absolute atomic E-state index is 11.6. The van der Waals surface area contributed by atoms with Gasteiger partial charge in [-0.3, -0.25) is 0 Å². The summed E-state index contributed by atoms with van der Waals surface area (Å²) in [7, 11) is 5.58. The summed E-state index contributed by atoms with van der Waals surface area (Å²) in [5.74, 6) is 0.415. The van der Waals surface area contributed by atoms with Crippen LogP contribution in [0.25, 0.3) is 10.2 Å². The Kier molecular flexibility index (Phi) is 3.77. The third-order valence-corrected chi connectivity index (χ3v) is 4.85. The van der Waals surface area contributed by atoms with Crippen LogP contribution in [0.4, 0.5) is 5.95 Å². The van der Waals surface area contributed by atoms with E-state index in [4.69, 9.17) is 4.74 Å². The summed E-state index contributed by atoms with van der Waals surface area (Å²) in [5.41, 5.74) is 0. The van der Waals surface area contributed by atoms with Crippen molar-refractivity contribution in [2.45, 2.75) is 12.5 Å². The third-order valence-electron chi connectivity index (χ3n) is 3.82. The van der Waals surface area contributed by atoms with Gasteiger partial charge in [-0.05, 0) is 26.6 Å². The topological polar surface area (TPSA) is 58.6 Å². The van der Waals surface area contributed by atoms with Gasteiger partial charge in [0.25, 0.3) is 0 Å². The number of likely N-dealkylation sites (N-methyl/N-ethyl adjacent to an activating group) is 1. The van der Waals surface area contributed by atoms with Gasteiger partial charge in [-0.15, -0.1) is 11.3 Å². The SMILES string of the molecule is COC(=O)c1cc2cnc(N3CC[C@H](N(C)C)C3)nc2s1. The van der Waals surface area contributed by atoms with E-state index in [1.165, 1.54) is 18.4 Å². The van der Waals surface area contributed by atoms with Crippen molar-refractivity contribution in [3.8, 4) is 0 Å². The second kappa shape index (κ2) is 5.57. The number of anilines is 1. The summed E-state index contributed by atoms with van der Waals surface area (Å²) in [4.78, 5) is 26.4. The summed E-state index contributed by atoms with van der Waals surface area (Å²) in [6.07, 6.45) is 2.90. The van der Waals surface area contributed by atoms with Crippen molar-refractivity contribution in [1.29, 1.82) is 0 Å². The van der Waals surface area contributed by atoms with E-state index >= 15 is 0 Å². The first-order valence-corrected chi connectivity index (χ1v) is 7.66. The van der Waals surface area contributed by atoms with Crippen molar-refractivity contribution < 1.29 is 9.53 Å². The molecule has 0 aromatic carbocycles. The molecule has 0 radical (unpaired) electrons. The fraction of sp³-hybridized carbons (Fsp3) is 0.500. The number of esters is 1. The Labute approximate surface area is 127 Å². The van der Waals surface area contributed by atoms with Crippen molar-refractivity contribution in [3.05, 3.63) is 17.1 Å². The highest BCUT2D eigenvalue weighted by molar-refractivity contribution is 7.20. The lowest BCUT2D eigenvalue weighted by molar-refractivity contribution is 0.0606. The van der Waals surface area contributed by atoms with Crippen LogP contribution in [0.5, 0.6) is 0 Å². The van der Waals surface area contributed by atoms with Gasteiger partial charge >= 0.3 is 5.97 Å². The number of carbonyl (C=O) groups excluding carboxylic acids is 1. The van der Waals surface area contributed by atoms with Crippen molar-refractivity contribution in [2.75, 3.05) is 39.2 Å². The van der Waals surface area contributed by atoms with Crippen molar-refractivity contribution in [2.24, 2.45) is 0 Å². The molecule has 2 aromatic heterocycles. The predicted octanol–water partition coefficient (Wildman–Crippen LogP) is 1.62. The zero-order valence-corrected chi connectivity index (χ0v) is 13.2. The molecule has 0 spiro atoms. The minimum atomic E-state index is -0.326. The normalized spacial score (nSPS) is 18.7. The fourth-order valence-electron chi connectivity index (χ4n) is 2.52. The lowest BCUT2D eigenvalue weighted by Gasteiger charge is -2.20. The summed E-state index contributed by atoms with van der Waals surface area (Å²) < 4.78 is 4.74. The molecular formula is C14H18N4O2S. The molecule has 7 heteroatoms. The molecule has 0 N–H and O–H groups in total. The van der Waals surface area contributed by atoms with Crippen molar-refractivity contribution in [3.63, 3.8) is 0 Å². The van der Waals surface area contributed by atoms with Gasteiger partial charge in [0.15, 0.2) is 0 Å². The second-order valence-corrected chi connectivity index (χ2v) is 6.42. The van der Waals surface area contributed by atoms with Crippen LogP contribution >= 0.6 is 11.3 Å². The number of aromatic nitrogens is 2. The van der Waals surface area contributed by atoms with Gasteiger partial charge in [0.05, 0.1) is 7.11 Å². The first-order chi connectivity index (χ1) is 10.1. The number of hydrogen-bond donors (Lipinski definition) is 0. The standard InChI is InChI=1S/C14H18N4O2S/c1-17(2)10-4-5-18(8-10)14-15-7-9-6-11(13(19)20-3)21-12(9)16-14/h6-7,10H,4-5,8H2,1-3H3/t10-/m0/s1. The number of hydrogen-bond acceptors (Lipinski definition) is 7. The Hall–Kier alpha value is -1.73. The zero-order valence-electron chi connectivity index (χ0n) is 12.4. The van der Waals surface area contributed by atoms with Crippen LogP contribution in [-0.4, -0.2) is 61.2 Å². The quantitative estimate of drug-likeness (QED) is 0.803. The summed E-state index contributed by atoms with van der Waals surface area (Å²) in [5, 5.41) is 0.882. The lowest BCUT2D eigenvalue weighted by Crippen LogP contribution is -2.32. The first kappa shape index (κ1) is 14.2. The van der Waals surface area contributed by atoms with Gasteiger partial charge < -0.3 is 14.5 Å². The van der Waals surface area contributed by atoms with Crippen LogP contribution < -0.4 is 4.90 Å². The van der Waals surface area contributed by atoms with Crippen LogP contribution in [0, 0.1) is 0 Å². The molecule has 3 rings (SSSR count). The Bertz CT molecular complexity index is 670. The van der Waals surface area contributed by atoms with Gasteiger partial charge in [0.1, 0.15) is 9.71 Å². The van der Waals surface area contributed by atoms with Gasteiger partial charge in [0, 0.05) is 30.7 Å². The molecule has 0 aliphatic carbocycles. The number of methoxy groups -OCH3 is 1. The Balaban J connectivity index is 1.86. The van der Waals surface area contributed by atoms with Crippen molar-refractivity contribution in [1.82, 2.24) is 14.9 Å². The van der Waals surface area contributed by atoms with E-state index in [2.05, 4.69) is 33.9 Å². The van der Waals surface area contributed by atoms with E-state index in [0.717, 1.165) is 35.7 Å². The molecule has 0 saturated carbocycles. The van der Waals surface area contributed by atoms with Crippen LogP contribution in [0.1, 0.15) is 16.1 Å². The van der Waals surface area contributed by atoms with Crippen LogP contribution in [0.15, 0.2) is 12.3 Å². The average molecular weight is 306 g/mol. The summed E-state index contributed by atoms with van der Waals surface area (Å²) in [6, 6.07) is 2.32. The maximum atomic E-state index is 11.6. The van der Waals surface area contributed by atoms with E-state index < -0.39 is 0 Å². The van der Waals surface area contributed by atoms with E-state index in [0.29, 0.717) is 10.9 Å². The number of fused-ring (bicyclic) bond motifs is 1. The second-order valence-electron chi connectivity index (χ2n) is 5.38. The van der Waals surface area contributed by atoms with E-state index in [9.17, 15) is 4.79 Å². The molecule has 0 bridgehead atoms. The molecule has 1 aliphatic rings. The fourth-order valence-corrected chi connectivity index (χ4v) is 3.44.